The highest BCUT2D eigenvalue weighted by atomic mass is 16.5. The Morgan fingerprint density at radius 3 is 2.33 bits per heavy atom. The summed E-state index contributed by atoms with van der Waals surface area (Å²) < 4.78 is 5.40. The van der Waals surface area contributed by atoms with Crippen LogP contribution < -0.4 is 5.32 Å². The topological polar surface area (TPSA) is 75.6 Å². The van der Waals surface area contributed by atoms with Crippen LogP contribution in [0.15, 0.2) is 0 Å². The highest BCUT2D eigenvalue weighted by Gasteiger charge is 2.46. The molecule has 104 valence electrons. The van der Waals surface area contributed by atoms with Crippen LogP contribution in [0.1, 0.15) is 46.5 Å². The quantitative estimate of drug-likeness (QED) is 0.725. The maximum atomic E-state index is 11.8. The molecule has 0 aromatic rings. The van der Waals surface area contributed by atoms with Crippen molar-refractivity contribution in [1.29, 1.82) is 0 Å². The van der Waals surface area contributed by atoms with Crippen LogP contribution in [0.3, 0.4) is 0 Å². The minimum atomic E-state index is -1.05. The van der Waals surface area contributed by atoms with Crippen molar-refractivity contribution in [1.82, 2.24) is 5.32 Å². The first-order chi connectivity index (χ1) is 8.37. The zero-order valence-corrected chi connectivity index (χ0v) is 11.4. The Kier molecular flexibility index (Phi) is 5.14. The van der Waals surface area contributed by atoms with E-state index in [0.29, 0.717) is 25.4 Å². The SMILES string of the molecule is CC(C)CCOC(C)C(=O)NC1(C(=O)O)CCC1. The number of aliphatic carboxylic acids is 1. The first-order valence-electron chi connectivity index (χ1n) is 6.54. The van der Waals surface area contributed by atoms with Crippen molar-refractivity contribution >= 4 is 11.9 Å². The second-order valence-corrected chi connectivity index (χ2v) is 5.43. The molecule has 2 N–H and O–H groups in total. The molecule has 0 saturated heterocycles. The predicted molar refractivity (Wildman–Crippen MR) is 67.2 cm³/mol. The standard InChI is InChI=1S/C13H23NO4/c1-9(2)5-8-18-10(3)11(15)14-13(12(16)17)6-4-7-13/h9-10H,4-8H2,1-3H3,(H,14,15)(H,16,17). The van der Waals surface area contributed by atoms with E-state index >= 15 is 0 Å². The molecule has 0 aliphatic heterocycles. The van der Waals surface area contributed by atoms with Gasteiger partial charge in [-0.1, -0.05) is 13.8 Å². The van der Waals surface area contributed by atoms with Gasteiger partial charge in [-0.15, -0.1) is 0 Å². The fraction of sp³-hybridized carbons (Fsp3) is 0.846. The summed E-state index contributed by atoms with van der Waals surface area (Å²) in [7, 11) is 0. The maximum Gasteiger partial charge on any atom is 0.329 e. The second-order valence-electron chi connectivity index (χ2n) is 5.43. The zero-order chi connectivity index (χ0) is 13.8. The third-order valence-electron chi connectivity index (χ3n) is 3.41. The molecule has 0 spiro atoms. The van der Waals surface area contributed by atoms with Crippen LogP contribution in [0.25, 0.3) is 0 Å². The first-order valence-corrected chi connectivity index (χ1v) is 6.54. The van der Waals surface area contributed by atoms with Gasteiger partial charge in [-0.2, -0.15) is 0 Å². The summed E-state index contributed by atoms with van der Waals surface area (Å²) in [5.74, 6) is -0.755. The molecule has 1 aliphatic carbocycles. The molecule has 1 fully saturated rings. The van der Waals surface area contributed by atoms with E-state index in [4.69, 9.17) is 9.84 Å². The van der Waals surface area contributed by atoms with Gasteiger partial charge in [0.1, 0.15) is 11.6 Å². The summed E-state index contributed by atoms with van der Waals surface area (Å²) in [5.41, 5.74) is -1.05. The van der Waals surface area contributed by atoms with Gasteiger partial charge in [-0.25, -0.2) is 4.79 Å². The highest BCUT2D eigenvalue weighted by molar-refractivity contribution is 5.89. The molecule has 5 nitrogen and oxygen atoms in total. The molecule has 0 heterocycles. The number of carboxylic acid groups (broad SMARTS) is 1. The third-order valence-corrected chi connectivity index (χ3v) is 3.41. The summed E-state index contributed by atoms with van der Waals surface area (Å²) in [4.78, 5) is 22.9. The lowest BCUT2D eigenvalue weighted by atomic mass is 9.76. The number of ether oxygens (including phenoxy) is 1. The molecule has 1 aliphatic rings. The van der Waals surface area contributed by atoms with Crippen molar-refractivity contribution < 1.29 is 19.4 Å². The van der Waals surface area contributed by atoms with E-state index in [0.717, 1.165) is 12.8 Å². The Hall–Kier alpha value is -1.10. The lowest BCUT2D eigenvalue weighted by Crippen LogP contribution is -2.60. The van der Waals surface area contributed by atoms with Crippen molar-refractivity contribution in [2.75, 3.05) is 6.61 Å². The molecular formula is C13H23NO4. The maximum absolute atomic E-state index is 11.8. The van der Waals surface area contributed by atoms with Gasteiger partial charge in [0, 0.05) is 6.61 Å². The zero-order valence-electron chi connectivity index (χ0n) is 11.4. The molecule has 1 atom stereocenters. The van der Waals surface area contributed by atoms with Gasteiger partial charge in [0.25, 0.3) is 0 Å². The monoisotopic (exact) mass is 257 g/mol. The van der Waals surface area contributed by atoms with Gasteiger partial charge in [0.2, 0.25) is 5.91 Å². The van der Waals surface area contributed by atoms with Gasteiger partial charge in [-0.05, 0) is 38.5 Å². The van der Waals surface area contributed by atoms with Gasteiger partial charge in [-0.3, -0.25) is 4.79 Å². The van der Waals surface area contributed by atoms with E-state index in [-0.39, 0.29) is 5.91 Å². The molecule has 0 aromatic carbocycles. The molecule has 18 heavy (non-hydrogen) atoms. The Morgan fingerprint density at radius 1 is 1.33 bits per heavy atom. The van der Waals surface area contributed by atoms with Crippen LogP contribution in [0.4, 0.5) is 0 Å². The third kappa shape index (κ3) is 3.70. The van der Waals surface area contributed by atoms with E-state index in [9.17, 15) is 9.59 Å². The van der Waals surface area contributed by atoms with E-state index < -0.39 is 17.6 Å². The van der Waals surface area contributed by atoms with E-state index in [1.54, 1.807) is 6.92 Å². The van der Waals surface area contributed by atoms with Crippen LogP contribution >= 0.6 is 0 Å². The molecule has 0 bridgehead atoms. The smallest absolute Gasteiger partial charge is 0.329 e. The Balaban J connectivity index is 2.37. The number of rotatable bonds is 7. The van der Waals surface area contributed by atoms with Crippen molar-refractivity contribution in [3.8, 4) is 0 Å². The number of carbonyl (C=O) groups is 2. The van der Waals surface area contributed by atoms with Crippen molar-refractivity contribution in [2.24, 2.45) is 5.92 Å². The molecule has 1 rings (SSSR count). The van der Waals surface area contributed by atoms with Gasteiger partial charge in [0.05, 0.1) is 0 Å². The fourth-order valence-electron chi connectivity index (χ4n) is 1.82. The van der Waals surface area contributed by atoms with Crippen LogP contribution in [0, 0.1) is 5.92 Å². The van der Waals surface area contributed by atoms with Gasteiger partial charge >= 0.3 is 5.97 Å². The Labute approximate surface area is 108 Å². The number of hydrogen-bond donors (Lipinski definition) is 2. The van der Waals surface area contributed by atoms with Crippen molar-refractivity contribution in [3.63, 3.8) is 0 Å². The summed E-state index contributed by atoms with van der Waals surface area (Å²) in [6.45, 7) is 6.35. The summed E-state index contributed by atoms with van der Waals surface area (Å²) in [5, 5.41) is 11.7. The van der Waals surface area contributed by atoms with E-state index in [1.807, 2.05) is 0 Å². The summed E-state index contributed by atoms with van der Waals surface area (Å²) in [6.07, 6.45) is 2.15. The number of amides is 1. The lowest BCUT2D eigenvalue weighted by Gasteiger charge is -2.38. The predicted octanol–water partition coefficient (Wildman–Crippen LogP) is 1.56. The number of hydrogen-bond acceptors (Lipinski definition) is 3. The number of carboxylic acids is 1. The van der Waals surface area contributed by atoms with Crippen molar-refractivity contribution in [2.45, 2.75) is 58.1 Å². The van der Waals surface area contributed by atoms with Crippen LogP contribution in [-0.2, 0) is 14.3 Å². The average Bonchev–Trinajstić information content (AvgIpc) is 2.21. The Morgan fingerprint density at radius 2 is 1.94 bits per heavy atom. The highest BCUT2D eigenvalue weighted by Crippen LogP contribution is 2.32. The van der Waals surface area contributed by atoms with Crippen LogP contribution in [-0.4, -0.2) is 35.2 Å². The minimum absolute atomic E-state index is 0.333. The van der Waals surface area contributed by atoms with Gasteiger partial charge in [0.15, 0.2) is 0 Å². The Bertz CT molecular complexity index is 310. The van der Waals surface area contributed by atoms with E-state index in [1.165, 1.54) is 0 Å². The molecular weight excluding hydrogens is 234 g/mol. The first kappa shape index (κ1) is 15.0. The number of carbonyl (C=O) groups excluding carboxylic acids is 1. The molecule has 5 heteroatoms. The normalized spacial score (nSPS) is 19.1. The molecule has 1 unspecified atom stereocenters. The molecule has 1 amide bonds. The van der Waals surface area contributed by atoms with Crippen LogP contribution in [0.2, 0.25) is 0 Å². The minimum Gasteiger partial charge on any atom is -0.480 e. The molecule has 0 radical (unpaired) electrons. The fourth-order valence-corrected chi connectivity index (χ4v) is 1.82. The lowest BCUT2D eigenvalue weighted by molar-refractivity contribution is -0.154. The molecule has 0 aromatic heterocycles. The molecule has 1 saturated carbocycles. The largest absolute Gasteiger partial charge is 0.480 e. The van der Waals surface area contributed by atoms with Gasteiger partial charge < -0.3 is 15.2 Å². The van der Waals surface area contributed by atoms with Crippen LogP contribution in [0.5, 0.6) is 0 Å². The summed E-state index contributed by atoms with van der Waals surface area (Å²) >= 11 is 0. The average molecular weight is 257 g/mol. The number of nitrogens with one attached hydrogen (secondary N) is 1. The summed E-state index contributed by atoms with van der Waals surface area (Å²) in [6, 6.07) is 0. The van der Waals surface area contributed by atoms with Crippen molar-refractivity contribution in [3.05, 3.63) is 0 Å². The second kappa shape index (κ2) is 6.18. The van der Waals surface area contributed by atoms with E-state index in [2.05, 4.69) is 19.2 Å².